The van der Waals surface area contributed by atoms with Gasteiger partial charge in [0.15, 0.2) is 0 Å². The molecule has 3 aliphatic carbocycles. The summed E-state index contributed by atoms with van der Waals surface area (Å²) in [5.41, 5.74) is 7.04. The molecule has 0 aromatic heterocycles. The molecule has 3 heteroatoms. The summed E-state index contributed by atoms with van der Waals surface area (Å²) in [6, 6.07) is 8.80. The molecule has 0 amide bonds. The maximum absolute atomic E-state index is 12.3. The lowest BCUT2D eigenvalue weighted by atomic mass is 9.65. The zero-order valence-electron chi connectivity index (χ0n) is 23.6. The zero-order chi connectivity index (χ0) is 26.4. The van der Waals surface area contributed by atoms with Crippen LogP contribution in [0.25, 0.3) is 12.2 Å². The summed E-state index contributed by atoms with van der Waals surface area (Å²) in [6.45, 7) is 19.0. The van der Waals surface area contributed by atoms with Crippen molar-refractivity contribution >= 4 is 42.0 Å². The molecule has 4 atom stereocenters. The van der Waals surface area contributed by atoms with E-state index in [9.17, 15) is 4.79 Å². The van der Waals surface area contributed by atoms with Gasteiger partial charge in [-0.15, -0.1) is 0 Å². The Hall–Kier alpha value is -1.19. The van der Waals surface area contributed by atoms with Gasteiger partial charge in [-0.1, -0.05) is 78.5 Å². The third-order valence-corrected chi connectivity index (χ3v) is 12.9. The third kappa shape index (κ3) is 4.31. The molecule has 1 aromatic rings. The van der Waals surface area contributed by atoms with Crippen molar-refractivity contribution in [3.05, 3.63) is 58.7 Å². The van der Waals surface area contributed by atoms with Gasteiger partial charge in [0.1, 0.15) is 6.29 Å². The van der Waals surface area contributed by atoms with Crippen molar-refractivity contribution in [3.8, 4) is 0 Å². The summed E-state index contributed by atoms with van der Waals surface area (Å²) in [5.74, 6) is 4.40. The van der Waals surface area contributed by atoms with E-state index in [-0.39, 0.29) is 21.7 Å². The minimum absolute atomic E-state index is 0.105. The summed E-state index contributed by atoms with van der Waals surface area (Å²) in [6.07, 6.45) is 12.7. The summed E-state index contributed by atoms with van der Waals surface area (Å²) in [7, 11) is 0. The van der Waals surface area contributed by atoms with Gasteiger partial charge in [-0.05, 0) is 105 Å². The first-order valence-electron chi connectivity index (χ1n) is 13.7. The van der Waals surface area contributed by atoms with E-state index in [1.807, 2.05) is 23.5 Å². The second-order valence-corrected chi connectivity index (χ2v) is 15.0. The molecule has 3 saturated carbocycles. The number of aldehydes is 1. The molecule has 3 aliphatic rings. The van der Waals surface area contributed by atoms with Crippen LogP contribution in [0.5, 0.6) is 0 Å². The van der Waals surface area contributed by atoms with Crippen molar-refractivity contribution in [3.63, 3.8) is 0 Å². The summed E-state index contributed by atoms with van der Waals surface area (Å²) in [4.78, 5) is 12.3. The van der Waals surface area contributed by atoms with Gasteiger partial charge in [0.05, 0.1) is 0 Å². The molecule has 4 rings (SSSR count). The predicted octanol–water partition coefficient (Wildman–Crippen LogP) is 9.20. The van der Waals surface area contributed by atoms with Gasteiger partial charge in [0.2, 0.25) is 0 Å². The Labute approximate surface area is 229 Å². The maximum atomic E-state index is 12.3. The molecule has 0 radical (unpaired) electrons. The summed E-state index contributed by atoms with van der Waals surface area (Å²) in [5, 5.41) is 0. The largest absolute Gasteiger partial charge is 0.298 e. The molecule has 1 nitrogen and oxygen atoms in total. The monoisotopic (exact) mass is 522 g/mol. The van der Waals surface area contributed by atoms with Gasteiger partial charge in [-0.2, -0.15) is 23.5 Å². The van der Waals surface area contributed by atoms with Gasteiger partial charge >= 0.3 is 0 Å². The summed E-state index contributed by atoms with van der Waals surface area (Å²) >= 11 is 3.99. The second-order valence-electron chi connectivity index (χ2n) is 12.8. The first kappa shape index (κ1) is 27.8. The van der Waals surface area contributed by atoms with Crippen LogP contribution in [0.1, 0.15) is 78.4 Å². The highest BCUT2D eigenvalue weighted by Gasteiger charge is 2.62. The van der Waals surface area contributed by atoms with Crippen molar-refractivity contribution in [1.29, 1.82) is 0 Å². The number of hydrogen-bond donors (Lipinski definition) is 0. The first-order valence-corrected chi connectivity index (χ1v) is 16.3. The smallest absolute Gasteiger partial charge is 0.146 e. The lowest BCUT2D eigenvalue weighted by molar-refractivity contribution is -0.105. The lowest BCUT2D eigenvalue weighted by Crippen LogP contribution is -2.37. The topological polar surface area (TPSA) is 17.1 Å². The van der Waals surface area contributed by atoms with Crippen LogP contribution in [0.3, 0.4) is 0 Å². The van der Waals surface area contributed by atoms with Crippen LogP contribution < -0.4 is 0 Å². The number of hydrogen-bond acceptors (Lipinski definition) is 3. The average molecular weight is 523 g/mol. The fraction of sp³-hybridized carbons (Fsp3) is 0.606. The molecule has 3 fully saturated rings. The van der Waals surface area contributed by atoms with Gasteiger partial charge in [-0.3, -0.25) is 4.79 Å². The van der Waals surface area contributed by atoms with E-state index in [4.69, 9.17) is 0 Å². The van der Waals surface area contributed by atoms with Crippen molar-refractivity contribution in [2.24, 2.45) is 33.5 Å². The van der Waals surface area contributed by atoms with Crippen LogP contribution >= 0.6 is 23.5 Å². The lowest BCUT2D eigenvalue weighted by Gasteiger charge is -2.42. The van der Waals surface area contributed by atoms with Crippen molar-refractivity contribution in [1.82, 2.24) is 0 Å². The third-order valence-electron chi connectivity index (χ3n) is 10.8. The standard InChI is InChI=1S/C33H46OS2/c1-9-36-21-32(7)16-14-28(30(32,3)4)26(20-34)18-24-10-12-25(13-11-24)19-27-23(2)33(22-35-8)17-15-29(27)31(33,5)6/h10-13,18-20,28-29H,2,9,14-17,21-22H2,1,3-8H3/b26-18-,27-19-. The molecule has 0 N–H and O–H groups in total. The van der Waals surface area contributed by atoms with E-state index in [2.05, 4.69) is 90.8 Å². The molecule has 0 heterocycles. The Bertz CT molecular complexity index is 1060. The molecule has 0 spiro atoms. The van der Waals surface area contributed by atoms with E-state index in [0.717, 1.165) is 29.6 Å². The molecule has 36 heavy (non-hydrogen) atoms. The van der Waals surface area contributed by atoms with Gasteiger partial charge in [-0.25, -0.2) is 0 Å². The van der Waals surface area contributed by atoms with Crippen LogP contribution in [0.15, 0.2) is 47.6 Å². The van der Waals surface area contributed by atoms with E-state index < -0.39 is 0 Å². The van der Waals surface area contributed by atoms with Crippen molar-refractivity contribution in [2.45, 2.75) is 67.2 Å². The Balaban J connectivity index is 1.56. The van der Waals surface area contributed by atoms with Gasteiger partial charge in [0.25, 0.3) is 0 Å². The highest BCUT2D eigenvalue weighted by molar-refractivity contribution is 7.99. The zero-order valence-corrected chi connectivity index (χ0v) is 25.2. The highest BCUT2D eigenvalue weighted by atomic mass is 32.2. The predicted molar refractivity (Wildman–Crippen MR) is 163 cm³/mol. The van der Waals surface area contributed by atoms with E-state index in [1.165, 1.54) is 47.5 Å². The van der Waals surface area contributed by atoms with Crippen LogP contribution in [-0.4, -0.2) is 29.8 Å². The second kappa shape index (κ2) is 10.2. The molecule has 4 unspecified atom stereocenters. The molecular weight excluding hydrogens is 476 g/mol. The van der Waals surface area contributed by atoms with E-state index >= 15 is 0 Å². The first-order chi connectivity index (χ1) is 17.0. The van der Waals surface area contributed by atoms with Crippen LogP contribution in [-0.2, 0) is 4.79 Å². The molecular formula is C33H46OS2. The highest BCUT2D eigenvalue weighted by Crippen LogP contribution is 2.70. The number of rotatable bonds is 9. The number of fused-ring (bicyclic) bond motifs is 2. The fourth-order valence-corrected chi connectivity index (χ4v) is 10.1. The minimum Gasteiger partial charge on any atom is -0.298 e. The van der Waals surface area contributed by atoms with E-state index in [1.54, 1.807) is 0 Å². The van der Waals surface area contributed by atoms with Gasteiger partial charge < -0.3 is 0 Å². The van der Waals surface area contributed by atoms with Crippen molar-refractivity contribution < 1.29 is 4.79 Å². The fourth-order valence-electron chi connectivity index (χ4n) is 7.77. The molecule has 1 aromatic carbocycles. The average Bonchev–Trinajstić information content (AvgIpc) is 3.29. The van der Waals surface area contributed by atoms with E-state index in [0.29, 0.717) is 11.8 Å². The normalized spacial score (nSPS) is 34.0. The number of allylic oxidation sites excluding steroid dienone is 3. The number of thioether (sulfide) groups is 2. The molecule has 0 saturated heterocycles. The SMILES string of the molecule is C=C1/C(=C/c2ccc(/C=C(/C=O)C3CCC(C)(CSCC)C3(C)C)cc2)C2CCC1(CSC)C2(C)C. The molecule has 2 bridgehead atoms. The minimum atomic E-state index is 0.105. The van der Waals surface area contributed by atoms with Crippen LogP contribution in [0, 0.1) is 33.5 Å². The Morgan fingerprint density at radius 1 is 1.00 bits per heavy atom. The van der Waals surface area contributed by atoms with Crippen molar-refractivity contribution in [2.75, 3.05) is 23.5 Å². The van der Waals surface area contributed by atoms with Crippen LogP contribution in [0.4, 0.5) is 0 Å². The quantitative estimate of drug-likeness (QED) is 0.238. The maximum Gasteiger partial charge on any atom is 0.146 e. The number of benzene rings is 1. The van der Waals surface area contributed by atoms with Gasteiger partial charge in [0, 0.05) is 11.2 Å². The number of carbonyl (C=O) groups is 1. The Morgan fingerprint density at radius 3 is 2.28 bits per heavy atom. The Kier molecular flexibility index (Phi) is 7.87. The Morgan fingerprint density at radius 2 is 1.67 bits per heavy atom. The number of carbonyl (C=O) groups excluding carboxylic acids is 1. The summed E-state index contributed by atoms with van der Waals surface area (Å²) < 4.78 is 0. The molecule has 0 aliphatic heterocycles. The van der Waals surface area contributed by atoms with Crippen LogP contribution in [0.2, 0.25) is 0 Å². The molecule has 196 valence electrons.